The van der Waals surface area contributed by atoms with Gasteiger partial charge in [0, 0.05) is 25.8 Å². The topological polar surface area (TPSA) is 58.6 Å². The number of carbonyl (C=O) groups is 1. The Labute approximate surface area is 135 Å². The van der Waals surface area contributed by atoms with E-state index in [1.807, 2.05) is 31.7 Å². The number of carbonyl (C=O) groups excluding carboxylic acids is 1. The highest BCUT2D eigenvalue weighted by Gasteiger charge is 2.54. The molecule has 1 saturated heterocycles. The zero-order valence-electron chi connectivity index (χ0n) is 13.2. The smallest absolute Gasteiger partial charge is 0.410 e. The van der Waals surface area contributed by atoms with E-state index in [9.17, 15) is 4.79 Å². The van der Waals surface area contributed by atoms with Crippen molar-refractivity contribution in [2.24, 2.45) is 0 Å². The Balaban J connectivity index is 1.72. The lowest BCUT2D eigenvalue weighted by atomic mass is 10.1. The van der Waals surface area contributed by atoms with Crippen LogP contribution in [0, 0.1) is 0 Å². The molecule has 0 atom stereocenters. The minimum absolute atomic E-state index is 0.113. The maximum Gasteiger partial charge on any atom is 0.410 e. The molecule has 1 amide bonds. The van der Waals surface area contributed by atoms with E-state index in [0.29, 0.717) is 13.1 Å². The summed E-state index contributed by atoms with van der Waals surface area (Å²) >= 11 is 5.87. The lowest BCUT2D eigenvalue weighted by Crippen LogP contribution is -2.58. The molecule has 1 spiro atoms. The van der Waals surface area contributed by atoms with E-state index < -0.39 is 5.60 Å². The monoisotopic (exact) mass is 324 g/mol. The van der Waals surface area contributed by atoms with E-state index in [4.69, 9.17) is 16.3 Å². The Morgan fingerprint density at radius 3 is 2.68 bits per heavy atom. The number of amides is 1. The van der Waals surface area contributed by atoms with E-state index in [0.717, 1.165) is 25.2 Å². The lowest BCUT2D eigenvalue weighted by molar-refractivity contribution is 0.0106. The number of piperazine rings is 1. The minimum atomic E-state index is -0.468. The first-order valence-corrected chi connectivity index (χ1v) is 7.91. The normalized spacial score (nSPS) is 20.2. The molecule has 120 valence electrons. The summed E-state index contributed by atoms with van der Waals surface area (Å²) in [7, 11) is 0. The number of hydrogen-bond acceptors (Lipinski definition) is 5. The van der Waals surface area contributed by atoms with Crippen LogP contribution >= 0.6 is 11.6 Å². The molecule has 1 aromatic rings. The summed E-state index contributed by atoms with van der Waals surface area (Å²) in [5.41, 5.74) is -0.581. The van der Waals surface area contributed by atoms with E-state index in [-0.39, 0.29) is 16.9 Å². The summed E-state index contributed by atoms with van der Waals surface area (Å²) in [6, 6.07) is 1.85. The van der Waals surface area contributed by atoms with Gasteiger partial charge < -0.3 is 9.64 Å². The van der Waals surface area contributed by atoms with E-state index >= 15 is 0 Å². The fraction of sp³-hybridized carbons (Fsp3) is 0.667. The predicted octanol–water partition coefficient (Wildman–Crippen LogP) is 2.72. The second kappa shape index (κ2) is 5.26. The summed E-state index contributed by atoms with van der Waals surface area (Å²) in [5.74, 6) is 0.815. The molecule has 6 nitrogen and oxygen atoms in total. The molecule has 0 radical (unpaired) electrons. The zero-order chi connectivity index (χ0) is 16.0. The Morgan fingerprint density at radius 2 is 2.09 bits per heavy atom. The van der Waals surface area contributed by atoms with Crippen molar-refractivity contribution in [2.45, 2.75) is 44.8 Å². The van der Waals surface area contributed by atoms with Crippen molar-refractivity contribution >= 4 is 23.5 Å². The molecular formula is C15H21ClN4O2. The van der Waals surface area contributed by atoms with Gasteiger partial charge in [-0.05, 0) is 51.3 Å². The zero-order valence-corrected chi connectivity index (χ0v) is 13.9. The van der Waals surface area contributed by atoms with Crippen LogP contribution in [0.2, 0.25) is 5.28 Å². The molecule has 2 aliphatic rings. The quantitative estimate of drug-likeness (QED) is 0.743. The predicted molar refractivity (Wildman–Crippen MR) is 84.2 cm³/mol. The van der Waals surface area contributed by atoms with Gasteiger partial charge in [0.25, 0.3) is 0 Å². The molecule has 0 bridgehead atoms. The molecule has 2 fully saturated rings. The van der Waals surface area contributed by atoms with Crippen molar-refractivity contribution in [1.29, 1.82) is 0 Å². The van der Waals surface area contributed by atoms with E-state index in [1.165, 1.54) is 0 Å². The SMILES string of the molecule is CC(C)(C)OC(=O)N1CCN(c2ccnc(Cl)n2)CC12CC2. The van der Waals surface area contributed by atoms with Crippen molar-refractivity contribution in [3.63, 3.8) is 0 Å². The first kappa shape index (κ1) is 15.3. The van der Waals surface area contributed by atoms with Crippen LogP contribution in [0.1, 0.15) is 33.6 Å². The summed E-state index contributed by atoms with van der Waals surface area (Å²) < 4.78 is 5.53. The van der Waals surface area contributed by atoms with Crippen LogP contribution in [0.15, 0.2) is 12.3 Å². The summed E-state index contributed by atoms with van der Waals surface area (Å²) in [4.78, 5) is 24.6. The molecule has 1 aliphatic heterocycles. The first-order chi connectivity index (χ1) is 10.3. The number of rotatable bonds is 1. The molecule has 3 rings (SSSR count). The van der Waals surface area contributed by atoms with Crippen molar-refractivity contribution < 1.29 is 9.53 Å². The molecule has 1 aromatic heterocycles. The Kier molecular flexibility index (Phi) is 3.67. The number of halogens is 1. The van der Waals surface area contributed by atoms with Crippen molar-refractivity contribution in [2.75, 3.05) is 24.5 Å². The average Bonchev–Trinajstić information content (AvgIpc) is 3.16. The van der Waals surface area contributed by atoms with Gasteiger partial charge in [0.15, 0.2) is 0 Å². The van der Waals surface area contributed by atoms with Gasteiger partial charge in [0.2, 0.25) is 5.28 Å². The third kappa shape index (κ3) is 3.11. The van der Waals surface area contributed by atoms with Gasteiger partial charge >= 0.3 is 6.09 Å². The highest BCUT2D eigenvalue weighted by atomic mass is 35.5. The molecule has 7 heteroatoms. The highest BCUT2D eigenvalue weighted by Crippen LogP contribution is 2.45. The van der Waals surface area contributed by atoms with Crippen LogP contribution in [0.5, 0.6) is 0 Å². The summed E-state index contributed by atoms with van der Waals surface area (Å²) in [6.07, 6.45) is 3.44. The highest BCUT2D eigenvalue weighted by molar-refractivity contribution is 6.28. The molecule has 2 heterocycles. The number of aromatic nitrogens is 2. The minimum Gasteiger partial charge on any atom is -0.444 e. The van der Waals surface area contributed by atoms with Gasteiger partial charge in [0.05, 0.1) is 5.54 Å². The third-order valence-electron chi connectivity index (χ3n) is 4.03. The van der Waals surface area contributed by atoms with Gasteiger partial charge in [0.1, 0.15) is 11.4 Å². The van der Waals surface area contributed by atoms with Crippen LogP contribution in [0.4, 0.5) is 10.6 Å². The summed E-state index contributed by atoms with van der Waals surface area (Å²) in [5, 5.41) is 0.247. The van der Waals surface area contributed by atoms with Crippen LogP contribution < -0.4 is 4.90 Å². The molecule has 1 aliphatic carbocycles. The maximum atomic E-state index is 12.4. The van der Waals surface area contributed by atoms with Gasteiger partial charge in [-0.3, -0.25) is 4.90 Å². The maximum absolute atomic E-state index is 12.4. The first-order valence-electron chi connectivity index (χ1n) is 7.53. The standard InChI is InChI=1S/C15H21ClN4O2/c1-14(2,3)22-13(21)20-9-8-19(10-15(20)5-6-15)11-4-7-17-12(16)18-11/h4,7H,5-6,8-10H2,1-3H3. The third-order valence-corrected chi connectivity index (χ3v) is 4.21. The van der Waals surface area contributed by atoms with Gasteiger partial charge in [-0.25, -0.2) is 14.8 Å². The average molecular weight is 325 g/mol. The van der Waals surface area contributed by atoms with Crippen molar-refractivity contribution in [3.8, 4) is 0 Å². The van der Waals surface area contributed by atoms with E-state index in [1.54, 1.807) is 6.20 Å². The second-order valence-corrected chi connectivity index (χ2v) is 7.30. The fourth-order valence-electron chi connectivity index (χ4n) is 2.85. The van der Waals surface area contributed by atoms with Crippen LogP contribution in [-0.4, -0.2) is 51.7 Å². The number of hydrogen-bond donors (Lipinski definition) is 0. The molecule has 22 heavy (non-hydrogen) atoms. The Hall–Kier alpha value is -1.56. The Bertz CT molecular complexity index is 583. The van der Waals surface area contributed by atoms with Crippen LogP contribution in [0.3, 0.4) is 0 Å². The van der Waals surface area contributed by atoms with E-state index in [2.05, 4.69) is 14.9 Å². The van der Waals surface area contributed by atoms with Crippen molar-refractivity contribution in [3.05, 3.63) is 17.5 Å². The van der Waals surface area contributed by atoms with Gasteiger partial charge in [-0.2, -0.15) is 0 Å². The van der Waals surface area contributed by atoms with Gasteiger partial charge in [-0.15, -0.1) is 0 Å². The largest absolute Gasteiger partial charge is 0.444 e. The van der Waals surface area contributed by atoms with Crippen LogP contribution in [-0.2, 0) is 4.74 Å². The van der Waals surface area contributed by atoms with Crippen LogP contribution in [0.25, 0.3) is 0 Å². The second-order valence-electron chi connectivity index (χ2n) is 6.96. The molecule has 0 aromatic carbocycles. The van der Waals surface area contributed by atoms with Gasteiger partial charge in [-0.1, -0.05) is 0 Å². The molecule has 0 unspecified atom stereocenters. The fourth-order valence-corrected chi connectivity index (χ4v) is 2.99. The molecule has 0 N–H and O–H groups in total. The molecular weight excluding hydrogens is 304 g/mol. The molecule has 1 saturated carbocycles. The Morgan fingerprint density at radius 1 is 1.36 bits per heavy atom. The number of nitrogens with zero attached hydrogens (tertiary/aromatic N) is 4. The number of anilines is 1. The summed E-state index contributed by atoms with van der Waals surface area (Å²) in [6.45, 7) is 7.79. The van der Waals surface area contributed by atoms with Crippen molar-refractivity contribution in [1.82, 2.24) is 14.9 Å². The number of ether oxygens (including phenoxy) is 1. The lowest BCUT2D eigenvalue weighted by Gasteiger charge is -2.42.